The fourth-order valence-electron chi connectivity index (χ4n) is 6.36. The van der Waals surface area contributed by atoms with Gasteiger partial charge in [-0.2, -0.15) is 13.2 Å². The predicted octanol–water partition coefficient (Wildman–Crippen LogP) is 5.59. The van der Waals surface area contributed by atoms with Crippen LogP contribution in [0, 0.1) is 17.5 Å². The van der Waals surface area contributed by atoms with Crippen molar-refractivity contribution in [2.45, 2.75) is 68.4 Å². The SMILES string of the molecule is COC(=O)[C@@H]1OC(=O)N(C(=O)N[C@@H]2CCN(C3CCC(c4ccc(F)cc4OCC(F)(F)F)CC3)C2)[C@H]1c1ccc(F)c(F)c1. The molecular formula is C30H31F6N3O6. The molecule has 244 valence electrons. The Morgan fingerprint density at radius 3 is 2.40 bits per heavy atom. The monoisotopic (exact) mass is 643 g/mol. The second-order valence-electron chi connectivity index (χ2n) is 11.3. The summed E-state index contributed by atoms with van der Waals surface area (Å²) < 4.78 is 94.3. The van der Waals surface area contributed by atoms with Gasteiger partial charge in [0.05, 0.1) is 7.11 Å². The molecule has 3 amide bonds. The van der Waals surface area contributed by atoms with E-state index in [9.17, 15) is 40.7 Å². The van der Waals surface area contributed by atoms with Crippen LogP contribution in [0.4, 0.5) is 35.9 Å². The van der Waals surface area contributed by atoms with Gasteiger partial charge in [0.1, 0.15) is 17.6 Å². The van der Waals surface area contributed by atoms with Gasteiger partial charge in [-0.1, -0.05) is 12.1 Å². The largest absolute Gasteiger partial charge is 0.484 e. The van der Waals surface area contributed by atoms with Crippen molar-refractivity contribution in [3.63, 3.8) is 0 Å². The molecule has 3 atom stereocenters. The van der Waals surface area contributed by atoms with Crippen molar-refractivity contribution in [2.75, 3.05) is 26.8 Å². The van der Waals surface area contributed by atoms with Gasteiger partial charge in [-0.15, -0.1) is 0 Å². The molecule has 5 rings (SSSR count). The Hall–Kier alpha value is -4.01. The molecule has 2 saturated heterocycles. The second-order valence-corrected chi connectivity index (χ2v) is 11.3. The van der Waals surface area contributed by atoms with E-state index in [4.69, 9.17) is 9.47 Å². The van der Waals surface area contributed by atoms with Crippen molar-refractivity contribution in [3.05, 3.63) is 65.0 Å². The molecule has 1 N–H and O–H groups in total. The summed E-state index contributed by atoms with van der Waals surface area (Å²) in [5.41, 5.74) is 0.493. The number of ether oxygens (including phenoxy) is 3. The van der Waals surface area contributed by atoms with E-state index in [1.165, 1.54) is 12.1 Å². The Balaban J connectivity index is 1.20. The molecule has 2 aromatic rings. The van der Waals surface area contributed by atoms with Crippen molar-refractivity contribution in [1.29, 1.82) is 0 Å². The van der Waals surface area contributed by atoms with Gasteiger partial charge >= 0.3 is 24.3 Å². The number of carbonyl (C=O) groups is 3. The summed E-state index contributed by atoms with van der Waals surface area (Å²) in [6.45, 7) is -0.449. The number of nitrogens with zero attached hydrogens (tertiary/aromatic N) is 2. The first-order valence-electron chi connectivity index (χ1n) is 14.4. The summed E-state index contributed by atoms with van der Waals surface area (Å²) in [7, 11) is 1.06. The maximum absolute atomic E-state index is 14.0. The minimum absolute atomic E-state index is 0.0387. The van der Waals surface area contributed by atoms with Gasteiger partial charge in [-0.3, -0.25) is 4.90 Å². The fraction of sp³-hybridized carbons (Fsp3) is 0.500. The second kappa shape index (κ2) is 13.2. The molecule has 0 unspecified atom stereocenters. The number of benzene rings is 2. The van der Waals surface area contributed by atoms with Gasteiger partial charge in [0.2, 0.25) is 6.10 Å². The number of likely N-dealkylation sites (tertiary alicyclic amines) is 1. The van der Waals surface area contributed by atoms with Crippen LogP contribution in [-0.4, -0.2) is 79.1 Å². The van der Waals surface area contributed by atoms with E-state index in [1.807, 2.05) is 0 Å². The number of esters is 1. The number of amides is 3. The Morgan fingerprint density at radius 1 is 1.00 bits per heavy atom. The number of methoxy groups -OCH3 is 1. The highest BCUT2D eigenvalue weighted by molar-refractivity contribution is 5.96. The summed E-state index contributed by atoms with van der Waals surface area (Å²) in [6, 6.07) is 3.85. The first-order chi connectivity index (χ1) is 21.3. The summed E-state index contributed by atoms with van der Waals surface area (Å²) in [5, 5.41) is 2.78. The molecule has 2 aliphatic heterocycles. The number of hydrogen-bond donors (Lipinski definition) is 1. The normalized spacial score (nSPS) is 25.6. The molecule has 15 heteroatoms. The van der Waals surface area contributed by atoms with Gasteiger partial charge in [-0.25, -0.2) is 32.5 Å². The van der Waals surface area contributed by atoms with Crippen LogP contribution in [0.3, 0.4) is 0 Å². The summed E-state index contributed by atoms with van der Waals surface area (Å²) >= 11 is 0. The lowest BCUT2D eigenvalue weighted by Gasteiger charge is -2.35. The lowest BCUT2D eigenvalue weighted by Crippen LogP contribution is -2.48. The highest BCUT2D eigenvalue weighted by Gasteiger charge is 2.51. The van der Waals surface area contributed by atoms with Crippen molar-refractivity contribution in [3.8, 4) is 5.75 Å². The molecule has 1 aliphatic carbocycles. The summed E-state index contributed by atoms with van der Waals surface area (Å²) in [5.74, 6) is -4.27. The van der Waals surface area contributed by atoms with E-state index in [-0.39, 0.29) is 29.3 Å². The molecule has 3 fully saturated rings. The molecule has 9 nitrogen and oxygen atoms in total. The van der Waals surface area contributed by atoms with Crippen molar-refractivity contribution in [2.24, 2.45) is 0 Å². The summed E-state index contributed by atoms with van der Waals surface area (Å²) in [6.07, 6.45) is -4.07. The molecule has 0 radical (unpaired) electrons. The van der Waals surface area contributed by atoms with Crippen molar-refractivity contribution < 1.29 is 54.9 Å². The number of imide groups is 1. The van der Waals surface area contributed by atoms with Crippen molar-refractivity contribution >= 4 is 18.1 Å². The first kappa shape index (κ1) is 32.4. The average molecular weight is 644 g/mol. The Labute approximate surface area is 254 Å². The third-order valence-corrected chi connectivity index (χ3v) is 8.49. The van der Waals surface area contributed by atoms with E-state index in [0.29, 0.717) is 55.7 Å². The van der Waals surface area contributed by atoms with Crippen LogP contribution >= 0.6 is 0 Å². The average Bonchev–Trinajstić information content (AvgIpc) is 3.61. The molecule has 2 aromatic carbocycles. The maximum atomic E-state index is 14.0. The standard InChI is InChI=1S/C30H31F6N3O6/c1-43-27(40)26-25(17-4-9-22(32)23(33)12-17)39(29(42)45-26)28(41)37-19-10-11-38(14-19)20-6-2-16(3-7-20)21-8-5-18(31)13-24(21)44-15-30(34,35)36/h4-5,8-9,12-13,16,19-20,25-26H,2-3,6-7,10-11,14-15H2,1H3,(H,37,41)/t16?,19-,20?,25+,26-/m1/s1. The van der Waals surface area contributed by atoms with E-state index < -0.39 is 60.5 Å². The number of halogens is 6. The van der Waals surface area contributed by atoms with E-state index in [1.54, 1.807) is 0 Å². The lowest BCUT2D eigenvalue weighted by molar-refractivity contribution is -0.153. The van der Waals surface area contributed by atoms with Crippen LogP contribution in [0.1, 0.15) is 55.2 Å². The highest BCUT2D eigenvalue weighted by atomic mass is 19.4. The molecular weight excluding hydrogens is 612 g/mol. The third-order valence-electron chi connectivity index (χ3n) is 8.49. The maximum Gasteiger partial charge on any atom is 0.422 e. The first-order valence-corrected chi connectivity index (χ1v) is 14.4. The zero-order valence-corrected chi connectivity index (χ0v) is 24.1. The van der Waals surface area contributed by atoms with Gasteiger partial charge in [0, 0.05) is 31.2 Å². The van der Waals surface area contributed by atoms with Crippen molar-refractivity contribution in [1.82, 2.24) is 15.1 Å². The van der Waals surface area contributed by atoms with E-state index in [2.05, 4.69) is 15.0 Å². The quantitative estimate of drug-likeness (QED) is 0.311. The van der Waals surface area contributed by atoms with Crippen LogP contribution in [-0.2, 0) is 14.3 Å². The molecule has 1 saturated carbocycles. The smallest absolute Gasteiger partial charge is 0.422 e. The molecule has 0 aromatic heterocycles. The number of nitrogens with one attached hydrogen (secondary N) is 1. The molecule has 0 bridgehead atoms. The number of urea groups is 1. The van der Waals surface area contributed by atoms with Gasteiger partial charge in [0.15, 0.2) is 18.2 Å². The molecule has 45 heavy (non-hydrogen) atoms. The number of carbonyl (C=O) groups excluding carboxylic acids is 3. The van der Waals surface area contributed by atoms with Gasteiger partial charge in [0.25, 0.3) is 0 Å². The topological polar surface area (TPSA) is 97.4 Å². The Morgan fingerprint density at radius 2 is 1.73 bits per heavy atom. The Bertz CT molecular complexity index is 1430. The third kappa shape index (κ3) is 7.29. The number of alkyl halides is 3. The lowest BCUT2D eigenvalue weighted by atomic mass is 9.81. The van der Waals surface area contributed by atoms with E-state index >= 15 is 0 Å². The minimum Gasteiger partial charge on any atom is -0.484 e. The van der Waals surface area contributed by atoms with Crippen LogP contribution in [0.25, 0.3) is 0 Å². The van der Waals surface area contributed by atoms with Crippen LogP contribution < -0.4 is 10.1 Å². The molecule has 3 aliphatic rings. The number of cyclic esters (lactones) is 1. The number of hydrogen-bond acceptors (Lipinski definition) is 7. The molecule has 0 spiro atoms. The zero-order valence-electron chi connectivity index (χ0n) is 24.1. The van der Waals surface area contributed by atoms with Crippen LogP contribution in [0.2, 0.25) is 0 Å². The Kier molecular flexibility index (Phi) is 9.46. The minimum atomic E-state index is -4.55. The van der Waals surface area contributed by atoms with E-state index in [0.717, 1.165) is 31.4 Å². The predicted molar refractivity (Wildman–Crippen MR) is 145 cm³/mol. The van der Waals surface area contributed by atoms with Crippen LogP contribution in [0.15, 0.2) is 36.4 Å². The molecule has 2 heterocycles. The zero-order chi connectivity index (χ0) is 32.5. The number of rotatable bonds is 7. The van der Waals surface area contributed by atoms with Gasteiger partial charge < -0.3 is 19.5 Å². The highest BCUT2D eigenvalue weighted by Crippen LogP contribution is 2.40. The fourth-order valence-corrected chi connectivity index (χ4v) is 6.36. The summed E-state index contributed by atoms with van der Waals surface area (Å²) in [4.78, 5) is 41.2. The van der Waals surface area contributed by atoms with Gasteiger partial charge in [-0.05, 0) is 67.3 Å². The van der Waals surface area contributed by atoms with Crippen LogP contribution in [0.5, 0.6) is 5.75 Å².